The van der Waals surface area contributed by atoms with Gasteiger partial charge in [-0.05, 0) is 37.0 Å². The largest absolute Gasteiger partial charge is 0.0882 e. The van der Waals surface area contributed by atoms with Crippen LogP contribution in [0.25, 0.3) is 0 Å². The summed E-state index contributed by atoms with van der Waals surface area (Å²) in [6.07, 6.45) is 13.4. The first-order valence-electron chi connectivity index (χ1n) is 4.69. The molecular formula is C11H16. The predicted molar refractivity (Wildman–Crippen MR) is 48.3 cm³/mol. The molecule has 0 unspecified atom stereocenters. The Labute approximate surface area is 69.0 Å². The van der Waals surface area contributed by atoms with Crippen molar-refractivity contribution in [1.29, 1.82) is 0 Å². The van der Waals surface area contributed by atoms with E-state index in [-0.39, 0.29) is 0 Å². The minimum absolute atomic E-state index is 0.818. The summed E-state index contributed by atoms with van der Waals surface area (Å²) in [7, 11) is 0. The Hall–Kier alpha value is -0.520. The molecule has 0 spiro atoms. The van der Waals surface area contributed by atoms with E-state index in [4.69, 9.17) is 0 Å². The van der Waals surface area contributed by atoms with Crippen LogP contribution in [-0.4, -0.2) is 0 Å². The molecule has 2 rings (SSSR count). The molecule has 0 aromatic rings. The lowest BCUT2D eigenvalue weighted by Crippen LogP contribution is -2.24. The number of rotatable bonds is 0. The fourth-order valence-corrected chi connectivity index (χ4v) is 2.42. The topological polar surface area (TPSA) is 0 Å². The molecule has 60 valence electrons. The van der Waals surface area contributed by atoms with Gasteiger partial charge in [0, 0.05) is 0 Å². The molecule has 3 atom stereocenters. The van der Waals surface area contributed by atoms with Crippen LogP contribution < -0.4 is 0 Å². The molecule has 0 aromatic carbocycles. The van der Waals surface area contributed by atoms with Crippen molar-refractivity contribution in [2.24, 2.45) is 17.8 Å². The van der Waals surface area contributed by atoms with Crippen molar-refractivity contribution in [3.63, 3.8) is 0 Å². The van der Waals surface area contributed by atoms with E-state index in [2.05, 4.69) is 31.2 Å². The fourth-order valence-electron chi connectivity index (χ4n) is 2.42. The number of fused-ring (bicyclic) bond motifs is 1. The second-order valence-corrected chi connectivity index (χ2v) is 3.89. The van der Waals surface area contributed by atoms with Gasteiger partial charge < -0.3 is 0 Å². The van der Waals surface area contributed by atoms with Gasteiger partial charge in [0.25, 0.3) is 0 Å². The van der Waals surface area contributed by atoms with Crippen molar-refractivity contribution in [3.8, 4) is 0 Å². The maximum Gasteiger partial charge on any atom is -0.0228 e. The van der Waals surface area contributed by atoms with Gasteiger partial charge in [0.1, 0.15) is 0 Å². The highest BCUT2D eigenvalue weighted by Gasteiger charge is 2.27. The highest BCUT2D eigenvalue weighted by atomic mass is 14.3. The Morgan fingerprint density at radius 3 is 2.55 bits per heavy atom. The van der Waals surface area contributed by atoms with E-state index in [1.165, 1.54) is 19.3 Å². The summed E-state index contributed by atoms with van der Waals surface area (Å²) in [5.74, 6) is 2.73. The lowest BCUT2D eigenvalue weighted by Gasteiger charge is -2.34. The van der Waals surface area contributed by atoms with Crippen LogP contribution in [0.2, 0.25) is 0 Å². The first kappa shape index (κ1) is 7.15. The van der Waals surface area contributed by atoms with Gasteiger partial charge in [-0.3, -0.25) is 0 Å². The number of hydrogen-bond acceptors (Lipinski definition) is 0. The molecule has 2 aliphatic rings. The lowest BCUT2D eigenvalue weighted by molar-refractivity contribution is 0.253. The number of allylic oxidation sites excluding steroid dienone is 4. The Balaban J connectivity index is 2.15. The molecule has 0 amide bonds. The van der Waals surface area contributed by atoms with E-state index in [1.54, 1.807) is 0 Å². The van der Waals surface area contributed by atoms with Crippen molar-refractivity contribution >= 4 is 0 Å². The highest BCUT2D eigenvalue weighted by Crippen LogP contribution is 2.37. The van der Waals surface area contributed by atoms with Crippen LogP contribution in [0, 0.1) is 17.8 Å². The molecule has 0 saturated heterocycles. The molecule has 0 bridgehead atoms. The molecule has 0 aliphatic heterocycles. The zero-order chi connectivity index (χ0) is 7.68. The van der Waals surface area contributed by atoms with Gasteiger partial charge >= 0.3 is 0 Å². The second kappa shape index (κ2) is 2.84. The minimum atomic E-state index is 0.818. The maximum absolute atomic E-state index is 2.39. The van der Waals surface area contributed by atoms with Crippen molar-refractivity contribution in [3.05, 3.63) is 24.3 Å². The van der Waals surface area contributed by atoms with Crippen LogP contribution in [0.4, 0.5) is 0 Å². The zero-order valence-electron chi connectivity index (χ0n) is 7.16. The molecule has 11 heavy (non-hydrogen) atoms. The van der Waals surface area contributed by atoms with Crippen LogP contribution in [0.3, 0.4) is 0 Å². The average Bonchev–Trinajstić information content (AvgIpc) is 2.06. The first-order valence-corrected chi connectivity index (χ1v) is 4.69. The van der Waals surface area contributed by atoms with Gasteiger partial charge in [0.15, 0.2) is 0 Å². The SMILES string of the molecule is C[C@@H]1C=CC[C@H]2CC=CC[C@H]21. The van der Waals surface area contributed by atoms with Crippen molar-refractivity contribution in [2.45, 2.75) is 26.2 Å². The van der Waals surface area contributed by atoms with Gasteiger partial charge in [-0.25, -0.2) is 0 Å². The summed E-state index contributed by atoms with van der Waals surface area (Å²) in [5.41, 5.74) is 0. The van der Waals surface area contributed by atoms with Gasteiger partial charge in [0.05, 0.1) is 0 Å². The van der Waals surface area contributed by atoms with Crippen LogP contribution in [0.5, 0.6) is 0 Å². The maximum atomic E-state index is 2.39. The summed E-state index contributed by atoms with van der Waals surface area (Å²) in [4.78, 5) is 0. The molecule has 0 fully saturated rings. The van der Waals surface area contributed by atoms with Crippen LogP contribution >= 0.6 is 0 Å². The van der Waals surface area contributed by atoms with E-state index < -0.39 is 0 Å². The van der Waals surface area contributed by atoms with Crippen molar-refractivity contribution in [2.75, 3.05) is 0 Å². The Morgan fingerprint density at radius 1 is 1.00 bits per heavy atom. The van der Waals surface area contributed by atoms with Crippen LogP contribution in [0.1, 0.15) is 26.2 Å². The standard InChI is InChI=1S/C11H16/c1-9-5-4-7-10-6-2-3-8-11(9)10/h2-5,9-11H,6-8H2,1H3/t9-,10-,11+/m1/s1. The highest BCUT2D eigenvalue weighted by molar-refractivity contribution is 5.05. The molecule has 0 nitrogen and oxygen atoms in total. The quantitative estimate of drug-likeness (QED) is 0.463. The molecule has 0 saturated carbocycles. The van der Waals surface area contributed by atoms with Gasteiger partial charge in [-0.15, -0.1) is 0 Å². The molecule has 0 heterocycles. The van der Waals surface area contributed by atoms with Crippen LogP contribution in [0.15, 0.2) is 24.3 Å². The van der Waals surface area contributed by atoms with Gasteiger partial charge in [-0.1, -0.05) is 31.2 Å². The molecular weight excluding hydrogens is 132 g/mol. The first-order chi connectivity index (χ1) is 5.38. The number of hydrogen-bond donors (Lipinski definition) is 0. The third kappa shape index (κ3) is 1.26. The Morgan fingerprint density at radius 2 is 1.73 bits per heavy atom. The second-order valence-electron chi connectivity index (χ2n) is 3.89. The smallest absolute Gasteiger partial charge is 0.0228 e. The van der Waals surface area contributed by atoms with E-state index in [9.17, 15) is 0 Å². The van der Waals surface area contributed by atoms with E-state index in [0.29, 0.717) is 0 Å². The van der Waals surface area contributed by atoms with E-state index in [0.717, 1.165) is 17.8 Å². The third-order valence-corrected chi connectivity index (χ3v) is 3.17. The fraction of sp³-hybridized carbons (Fsp3) is 0.636. The minimum Gasteiger partial charge on any atom is -0.0882 e. The van der Waals surface area contributed by atoms with E-state index in [1.807, 2.05) is 0 Å². The third-order valence-electron chi connectivity index (χ3n) is 3.17. The Kier molecular flexibility index (Phi) is 1.85. The summed E-state index contributed by atoms with van der Waals surface area (Å²) in [5, 5.41) is 0. The molecule has 0 heteroatoms. The zero-order valence-corrected chi connectivity index (χ0v) is 7.16. The van der Waals surface area contributed by atoms with Crippen LogP contribution in [-0.2, 0) is 0 Å². The Bertz CT molecular complexity index is 188. The normalized spacial score (nSPS) is 42.1. The summed E-state index contributed by atoms with van der Waals surface area (Å²) in [6.45, 7) is 2.35. The van der Waals surface area contributed by atoms with Gasteiger partial charge in [-0.2, -0.15) is 0 Å². The van der Waals surface area contributed by atoms with Gasteiger partial charge in [0.2, 0.25) is 0 Å². The summed E-state index contributed by atoms with van der Waals surface area (Å²) in [6, 6.07) is 0. The van der Waals surface area contributed by atoms with Crippen molar-refractivity contribution < 1.29 is 0 Å². The predicted octanol–water partition coefficient (Wildman–Crippen LogP) is 3.16. The lowest BCUT2D eigenvalue weighted by atomic mass is 9.71. The summed E-state index contributed by atoms with van der Waals surface area (Å²) < 4.78 is 0. The molecule has 0 N–H and O–H groups in total. The molecule has 0 aromatic heterocycles. The molecule has 2 aliphatic carbocycles. The van der Waals surface area contributed by atoms with E-state index >= 15 is 0 Å². The molecule has 0 radical (unpaired) electrons. The monoisotopic (exact) mass is 148 g/mol. The average molecular weight is 148 g/mol. The summed E-state index contributed by atoms with van der Waals surface area (Å²) >= 11 is 0. The van der Waals surface area contributed by atoms with Crippen molar-refractivity contribution in [1.82, 2.24) is 0 Å².